The number of carbonyl (C=O) groups excluding carboxylic acids is 1. The van der Waals surface area contributed by atoms with Crippen LogP contribution in [0.15, 0.2) is 109 Å². The van der Waals surface area contributed by atoms with Crippen LogP contribution in [0.25, 0.3) is 22.3 Å². The maximum Gasteiger partial charge on any atom is 0.328 e. The molecular weight excluding hydrogens is 407 g/mol. The molecule has 0 amide bonds. The largest absolute Gasteiger partial charge is 0.328 e. The molecular formula is C26H21O4P. The molecule has 0 heterocycles. The minimum absolute atomic E-state index is 0.335. The molecule has 0 radical (unpaired) electrons. The zero-order valence-electron chi connectivity index (χ0n) is 16.6. The Balaban J connectivity index is 1.90. The normalized spacial score (nSPS) is 12.0. The van der Waals surface area contributed by atoms with Gasteiger partial charge in [-0.05, 0) is 22.3 Å². The van der Waals surface area contributed by atoms with E-state index in [0.717, 1.165) is 22.3 Å². The van der Waals surface area contributed by atoms with Crippen molar-refractivity contribution in [1.82, 2.24) is 0 Å². The van der Waals surface area contributed by atoms with Crippen LogP contribution in [0.3, 0.4) is 0 Å². The van der Waals surface area contributed by atoms with Crippen molar-refractivity contribution in [1.29, 1.82) is 0 Å². The second kappa shape index (κ2) is 9.78. The predicted octanol–water partition coefficient (Wildman–Crippen LogP) is 6.17. The first-order chi connectivity index (χ1) is 15.1. The van der Waals surface area contributed by atoms with Gasteiger partial charge in [-0.2, -0.15) is 0 Å². The lowest BCUT2D eigenvalue weighted by Gasteiger charge is -2.21. The van der Waals surface area contributed by atoms with E-state index in [9.17, 15) is 14.6 Å². The molecule has 5 heteroatoms. The van der Waals surface area contributed by atoms with E-state index in [1.807, 2.05) is 78.9 Å². The number of hydrogen-bond donors (Lipinski definition) is 2. The third-order valence-corrected chi connectivity index (χ3v) is 5.42. The van der Waals surface area contributed by atoms with Gasteiger partial charge in [0.1, 0.15) is 0 Å². The summed E-state index contributed by atoms with van der Waals surface area (Å²) in [5.74, 6) is -0.335. The standard InChI is InChI=1S/C26H21O4P/c27-25(26(30-31(28)29)21-15-8-3-9-16-21)23-18-10-17-22(19-11-4-1-5-12-19)24(23)20-13-6-2-7-14-20/h1-18,26,28-29H. The summed E-state index contributed by atoms with van der Waals surface area (Å²) in [6, 6.07) is 34.0. The van der Waals surface area contributed by atoms with E-state index in [2.05, 4.69) is 0 Å². The summed E-state index contributed by atoms with van der Waals surface area (Å²) in [5.41, 5.74) is 4.60. The number of carbonyl (C=O) groups is 1. The van der Waals surface area contributed by atoms with Crippen LogP contribution in [0, 0.1) is 0 Å². The lowest BCUT2D eigenvalue weighted by molar-refractivity contribution is 0.0765. The van der Waals surface area contributed by atoms with Crippen LogP contribution in [-0.4, -0.2) is 15.6 Å². The molecule has 4 nitrogen and oxygen atoms in total. The van der Waals surface area contributed by atoms with E-state index in [0.29, 0.717) is 11.1 Å². The van der Waals surface area contributed by atoms with E-state index in [1.165, 1.54) is 0 Å². The maximum atomic E-state index is 13.7. The molecule has 4 aromatic rings. The third-order valence-electron chi connectivity index (χ3n) is 5.02. The number of Topliss-reactive ketones (excluding diaryl/α,β-unsaturated/α-hetero) is 1. The van der Waals surface area contributed by atoms with Crippen LogP contribution >= 0.6 is 8.60 Å². The molecule has 154 valence electrons. The van der Waals surface area contributed by atoms with Crippen LogP contribution in [0.1, 0.15) is 22.0 Å². The van der Waals surface area contributed by atoms with Gasteiger partial charge < -0.3 is 9.79 Å². The Hall–Kier alpha value is -3.14. The van der Waals surface area contributed by atoms with Gasteiger partial charge in [-0.15, -0.1) is 0 Å². The zero-order valence-corrected chi connectivity index (χ0v) is 17.5. The van der Waals surface area contributed by atoms with Gasteiger partial charge in [-0.25, -0.2) is 0 Å². The molecule has 2 N–H and O–H groups in total. The summed E-state index contributed by atoms with van der Waals surface area (Å²) < 4.78 is 5.32. The van der Waals surface area contributed by atoms with E-state index >= 15 is 0 Å². The smallest absolute Gasteiger partial charge is 0.328 e. The van der Waals surface area contributed by atoms with Crippen LogP contribution in [0.4, 0.5) is 0 Å². The van der Waals surface area contributed by atoms with Gasteiger partial charge >= 0.3 is 8.60 Å². The van der Waals surface area contributed by atoms with Gasteiger partial charge in [0, 0.05) is 11.1 Å². The predicted molar refractivity (Wildman–Crippen MR) is 123 cm³/mol. The molecule has 4 aromatic carbocycles. The molecule has 4 rings (SSSR count). The fourth-order valence-corrected chi connectivity index (χ4v) is 4.06. The van der Waals surface area contributed by atoms with Gasteiger partial charge in [0.05, 0.1) is 0 Å². The van der Waals surface area contributed by atoms with Crippen LogP contribution in [0.2, 0.25) is 0 Å². The topological polar surface area (TPSA) is 66.8 Å². The van der Waals surface area contributed by atoms with E-state index in [1.54, 1.807) is 30.3 Å². The lowest BCUT2D eigenvalue weighted by Crippen LogP contribution is -2.16. The quantitative estimate of drug-likeness (QED) is 0.273. The molecule has 0 aliphatic rings. The molecule has 0 aliphatic heterocycles. The monoisotopic (exact) mass is 428 g/mol. The number of hydrogen-bond acceptors (Lipinski definition) is 4. The Morgan fingerprint density at radius 1 is 0.677 bits per heavy atom. The molecule has 0 spiro atoms. The van der Waals surface area contributed by atoms with Crippen molar-refractivity contribution in [2.24, 2.45) is 0 Å². The molecule has 1 atom stereocenters. The number of benzene rings is 4. The Bertz CT molecular complexity index is 1150. The second-order valence-electron chi connectivity index (χ2n) is 6.97. The van der Waals surface area contributed by atoms with Crippen LogP contribution in [0.5, 0.6) is 0 Å². The summed E-state index contributed by atoms with van der Waals surface area (Å²) in [6.45, 7) is 0. The molecule has 0 aromatic heterocycles. The second-order valence-corrected chi connectivity index (χ2v) is 7.69. The van der Waals surface area contributed by atoms with Crippen molar-refractivity contribution in [3.05, 3.63) is 120 Å². The molecule has 0 bridgehead atoms. The van der Waals surface area contributed by atoms with Crippen molar-refractivity contribution in [2.75, 3.05) is 0 Å². The molecule has 0 aliphatic carbocycles. The summed E-state index contributed by atoms with van der Waals surface area (Å²) in [5, 5.41) is 0. The SMILES string of the molecule is O=C(c1cccc(-c2ccccc2)c1-c1ccccc1)C(OP(O)O)c1ccccc1. The van der Waals surface area contributed by atoms with Crippen molar-refractivity contribution in [3.63, 3.8) is 0 Å². The molecule has 1 unspecified atom stereocenters. The van der Waals surface area contributed by atoms with E-state index in [4.69, 9.17) is 4.52 Å². The van der Waals surface area contributed by atoms with Crippen molar-refractivity contribution in [2.45, 2.75) is 6.10 Å². The lowest BCUT2D eigenvalue weighted by atomic mass is 9.87. The molecule has 0 saturated carbocycles. The van der Waals surface area contributed by atoms with Gasteiger partial charge in [-0.3, -0.25) is 9.32 Å². The summed E-state index contributed by atoms with van der Waals surface area (Å²) in [7, 11) is -2.72. The highest BCUT2D eigenvalue weighted by molar-refractivity contribution is 7.39. The fourth-order valence-electron chi connectivity index (χ4n) is 3.66. The van der Waals surface area contributed by atoms with Gasteiger partial charge in [0.25, 0.3) is 0 Å². The summed E-state index contributed by atoms with van der Waals surface area (Å²) in [4.78, 5) is 32.8. The first-order valence-electron chi connectivity index (χ1n) is 9.83. The van der Waals surface area contributed by atoms with Crippen molar-refractivity contribution < 1.29 is 19.1 Å². The van der Waals surface area contributed by atoms with E-state index in [-0.39, 0.29) is 5.78 Å². The van der Waals surface area contributed by atoms with Crippen molar-refractivity contribution >= 4 is 14.4 Å². The number of rotatable bonds is 7. The highest BCUT2D eigenvalue weighted by Gasteiger charge is 2.29. The average Bonchev–Trinajstić information content (AvgIpc) is 2.83. The molecule has 31 heavy (non-hydrogen) atoms. The molecule has 0 saturated heterocycles. The fraction of sp³-hybridized carbons (Fsp3) is 0.0385. The third kappa shape index (κ3) is 4.79. The minimum atomic E-state index is -2.72. The maximum absolute atomic E-state index is 13.7. The Labute approximate surface area is 182 Å². The number of ketones is 1. The first-order valence-corrected chi connectivity index (χ1v) is 11.0. The Morgan fingerprint density at radius 3 is 1.81 bits per heavy atom. The summed E-state index contributed by atoms with van der Waals surface area (Å²) in [6.07, 6.45) is -1.13. The van der Waals surface area contributed by atoms with Crippen LogP contribution in [-0.2, 0) is 4.52 Å². The van der Waals surface area contributed by atoms with Gasteiger partial charge in [0.2, 0.25) is 0 Å². The Morgan fingerprint density at radius 2 is 1.23 bits per heavy atom. The average molecular weight is 428 g/mol. The summed E-state index contributed by atoms with van der Waals surface area (Å²) >= 11 is 0. The molecule has 0 fully saturated rings. The first kappa shape index (κ1) is 21.1. The van der Waals surface area contributed by atoms with Gasteiger partial charge in [-0.1, -0.05) is 109 Å². The highest BCUT2D eigenvalue weighted by Crippen LogP contribution is 2.40. The van der Waals surface area contributed by atoms with E-state index < -0.39 is 14.7 Å². The Kier molecular flexibility index (Phi) is 6.66. The van der Waals surface area contributed by atoms with Crippen LogP contribution < -0.4 is 0 Å². The zero-order chi connectivity index (χ0) is 21.6. The highest BCUT2D eigenvalue weighted by atomic mass is 31.2. The minimum Gasteiger partial charge on any atom is -0.328 e. The van der Waals surface area contributed by atoms with Gasteiger partial charge in [0.15, 0.2) is 11.9 Å². The van der Waals surface area contributed by atoms with Crippen molar-refractivity contribution in [3.8, 4) is 22.3 Å².